The van der Waals surface area contributed by atoms with Crippen LogP contribution in [0.3, 0.4) is 0 Å². The number of hydrogen-bond acceptors (Lipinski definition) is 9. The number of aliphatic imine (C=N–C) groups is 1. The Hall–Kier alpha value is -3.46. The highest BCUT2D eigenvalue weighted by atomic mass is 16.5. The number of amides is 2. The van der Waals surface area contributed by atoms with E-state index >= 15 is 0 Å². The summed E-state index contributed by atoms with van der Waals surface area (Å²) >= 11 is 0. The van der Waals surface area contributed by atoms with Crippen molar-refractivity contribution in [1.82, 2.24) is 20.8 Å². The molecule has 1 heterocycles. The number of guanidine groups is 1. The molecule has 0 unspecified atom stereocenters. The lowest BCUT2D eigenvalue weighted by atomic mass is 10.1. The molecule has 0 bridgehead atoms. The fraction of sp³-hybridized carbons (Fsp3) is 0.571. The molecule has 11 N–H and O–H groups in total. The Kier molecular flexibility index (Phi) is 9.27. The molecule has 3 atom stereocenters. The Balaban J connectivity index is 2.78. The molecule has 0 saturated heterocycles. The lowest BCUT2D eigenvalue weighted by molar-refractivity contribution is -0.140. The first-order valence-corrected chi connectivity index (χ1v) is 8.41. The average Bonchev–Trinajstić information content (AvgIpc) is 3.12. The number of carbonyl (C=O) groups is 3. The maximum Gasteiger partial charge on any atom is 0.328 e. The van der Waals surface area contributed by atoms with Crippen LogP contribution in [0.25, 0.3) is 0 Å². The van der Waals surface area contributed by atoms with Crippen LogP contribution in [-0.4, -0.2) is 68.6 Å². The number of nitrogens with two attached hydrogens (primary N) is 3. The quantitative estimate of drug-likeness (QED) is 0.0988. The molecule has 0 aliphatic rings. The predicted molar refractivity (Wildman–Crippen MR) is 96.3 cm³/mol. The number of rotatable bonds is 12. The number of nitrogens with one attached hydrogen (secondary N) is 2. The summed E-state index contributed by atoms with van der Waals surface area (Å²) in [4.78, 5) is 41.6. The molecule has 0 fully saturated rings. The topological polar surface area (TPSA) is 265 Å². The molecule has 0 radical (unpaired) electrons. The highest BCUT2D eigenvalue weighted by Gasteiger charge is 2.27. The number of nitrogens with zero attached hydrogens (tertiary/aromatic N) is 3. The molecular weight excluding hydrogens is 392 g/mol. The third kappa shape index (κ3) is 8.39. The number of aliphatic hydroxyl groups excluding tert-OH is 1. The number of hydrogen-bond donors (Lipinski definition) is 8. The Morgan fingerprint density at radius 1 is 1.21 bits per heavy atom. The first-order chi connectivity index (χ1) is 13.6. The largest absolute Gasteiger partial charge is 0.481 e. The maximum absolute atomic E-state index is 11.9. The van der Waals surface area contributed by atoms with Gasteiger partial charge in [-0.05, 0) is 12.8 Å². The van der Waals surface area contributed by atoms with Gasteiger partial charge in [0.05, 0.1) is 19.1 Å². The summed E-state index contributed by atoms with van der Waals surface area (Å²) in [6.07, 6.45) is 0.315. The molecule has 0 spiro atoms. The van der Waals surface area contributed by atoms with Crippen molar-refractivity contribution in [2.45, 2.75) is 37.4 Å². The maximum atomic E-state index is 11.9. The van der Waals surface area contributed by atoms with Crippen LogP contribution in [0.15, 0.2) is 9.52 Å². The minimum atomic E-state index is -1.57. The molecule has 0 saturated carbocycles. The van der Waals surface area contributed by atoms with Crippen molar-refractivity contribution < 1.29 is 34.2 Å². The fourth-order valence-electron chi connectivity index (χ4n) is 2.11. The Morgan fingerprint density at radius 3 is 2.45 bits per heavy atom. The van der Waals surface area contributed by atoms with E-state index in [1.165, 1.54) is 0 Å². The first-order valence-electron chi connectivity index (χ1n) is 8.41. The highest BCUT2D eigenvalue weighted by molar-refractivity contribution is 5.83. The van der Waals surface area contributed by atoms with E-state index in [2.05, 4.69) is 20.4 Å². The predicted octanol–water partition coefficient (Wildman–Crippen LogP) is -2.62. The van der Waals surface area contributed by atoms with Crippen molar-refractivity contribution in [3.63, 3.8) is 0 Å². The lowest BCUT2D eigenvalue weighted by Gasteiger charge is -2.16. The normalized spacial score (nSPS) is 13.7. The van der Waals surface area contributed by atoms with E-state index < -0.39 is 49.1 Å². The zero-order valence-electron chi connectivity index (χ0n) is 15.3. The molecule has 1 aromatic heterocycles. The van der Waals surface area contributed by atoms with Gasteiger partial charge in [-0.15, -0.1) is 0 Å². The second kappa shape index (κ2) is 11.4. The summed E-state index contributed by atoms with van der Waals surface area (Å²) in [6.45, 7) is -0.508. The number of urea groups is 1. The van der Waals surface area contributed by atoms with Crippen molar-refractivity contribution in [3.05, 3.63) is 11.7 Å². The van der Waals surface area contributed by atoms with Crippen LogP contribution in [0.1, 0.15) is 43.1 Å². The van der Waals surface area contributed by atoms with Crippen LogP contribution < -0.4 is 27.8 Å². The van der Waals surface area contributed by atoms with Crippen LogP contribution in [0.4, 0.5) is 4.79 Å². The number of carboxylic acid groups (broad SMARTS) is 2. The van der Waals surface area contributed by atoms with Gasteiger partial charge in [0.1, 0.15) is 6.04 Å². The van der Waals surface area contributed by atoms with Crippen molar-refractivity contribution >= 4 is 23.9 Å². The van der Waals surface area contributed by atoms with Crippen molar-refractivity contribution in [1.29, 1.82) is 0 Å². The Morgan fingerprint density at radius 2 is 1.90 bits per heavy atom. The third-order valence-electron chi connectivity index (χ3n) is 3.52. The van der Waals surface area contributed by atoms with Crippen LogP contribution in [-0.2, 0) is 9.59 Å². The van der Waals surface area contributed by atoms with Gasteiger partial charge in [0, 0.05) is 6.54 Å². The molecule has 2 amide bonds. The smallest absolute Gasteiger partial charge is 0.328 e. The van der Waals surface area contributed by atoms with E-state index in [1.807, 2.05) is 5.32 Å². The van der Waals surface area contributed by atoms with Gasteiger partial charge >= 0.3 is 18.0 Å². The Bertz CT molecular complexity index is 733. The minimum absolute atomic E-state index is 0.0485. The highest BCUT2D eigenvalue weighted by Crippen LogP contribution is 2.19. The summed E-state index contributed by atoms with van der Waals surface area (Å²) < 4.78 is 4.99. The van der Waals surface area contributed by atoms with Gasteiger partial charge in [-0.25, -0.2) is 9.59 Å². The van der Waals surface area contributed by atoms with Crippen LogP contribution in [0.2, 0.25) is 0 Å². The van der Waals surface area contributed by atoms with Gasteiger partial charge < -0.3 is 47.7 Å². The van der Waals surface area contributed by atoms with Crippen LogP contribution in [0.5, 0.6) is 0 Å². The fourth-order valence-corrected chi connectivity index (χ4v) is 2.11. The molecular formula is C14H24N8O7. The Labute approximate surface area is 164 Å². The zero-order valence-corrected chi connectivity index (χ0v) is 15.3. The van der Waals surface area contributed by atoms with E-state index in [-0.39, 0.29) is 17.7 Å². The van der Waals surface area contributed by atoms with Gasteiger partial charge in [-0.1, -0.05) is 5.16 Å². The summed E-state index contributed by atoms with van der Waals surface area (Å²) in [5.74, 6) is -2.94. The molecule has 1 aromatic rings. The second-order valence-corrected chi connectivity index (χ2v) is 5.89. The zero-order chi connectivity index (χ0) is 22.0. The number of carbonyl (C=O) groups excluding carboxylic acids is 1. The van der Waals surface area contributed by atoms with E-state index in [1.54, 1.807) is 0 Å². The first kappa shape index (κ1) is 23.6. The lowest BCUT2D eigenvalue weighted by Crippen LogP contribution is -2.48. The van der Waals surface area contributed by atoms with Crippen LogP contribution >= 0.6 is 0 Å². The van der Waals surface area contributed by atoms with Gasteiger partial charge in [0.25, 0.3) is 0 Å². The monoisotopic (exact) mass is 416 g/mol. The molecule has 0 aromatic carbocycles. The van der Waals surface area contributed by atoms with Gasteiger partial charge in [0.15, 0.2) is 17.8 Å². The van der Waals surface area contributed by atoms with Crippen LogP contribution in [0, 0.1) is 0 Å². The summed E-state index contributed by atoms with van der Waals surface area (Å²) in [7, 11) is 0. The molecule has 162 valence electrons. The summed E-state index contributed by atoms with van der Waals surface area (Å²) in [5, 5.41) is 34.6. The van der Waals surface area contributed by atoms with Gasteiger partial charge in [-0.2, -0.15) is 4.98 Å². The van der Waals surface area contributed by atoms with E-state index in [4.69, 9.17) is 37.0 Å². The third-order valence-corrected chi connectivity index (χ3v) is 3.52. The van der Waals surface area contributed by atoms with Crippen molar-refractivity contribution in [2.24, 2.45) is 22.2 Å². The summed E-state index contributed by atoms with van der Waals surface area (Å²) in [5.41, 5.74) is 16.4. The molecule has 0 aliphatic heterocycles. The number of aromatic nitrogens is 2. The minimum Gasteiger partial charge on any atom is -0.481 e. The number of aliphatic hydroxyl groups is 1. The van der Waals surface area contributed by atoms with E-state index in [9.17, 15) is 14.4 Å². The molecule has 29 heavy (non-hydrogen) atoms. The molecule has 1 rings (SSSR count). The van der Waals surface area contributed by atoms with Crippen molar-refractivity contribution in [2.75, 3.05) is 13.2 Å². The van der Waals surface area contributed by atoms with E-state index in [0.717, 1.165) is 0 Å². The standard InChI is InChI=1S/C14H24N8O7/c15-6(2-1-3-18-13(16)17)10-21-11(29-22-10)7(4-9(24)25)19-14(28)20-8(5-23)12(26)27/h6-8,23H,1-5,15H2,(H,24,25)(H,26,27)(H4,16,17,18)(H2,19,20,28)/t6-,7-,8-/m0/s1. The number of aliphatic carboxylic acids is 2. The number of carboxylic acids is 2. The molecule has 15 heteroatoms. The van der Waals surface area contributed by atoms with E-state index in [0.29, 0.717) is 19.4 Å². The molecule has 0 aliphatic carbocycles. The SMILES string of the molecule is NC(N)=NCCC[C@H](N)c1noc([C@H](CC(=O)O)NC(=O)N[C@@H](CO)C(=O)O)n1. The van der Waals surface area contributed by atoms with Crippen molar-refractivity contribution in [3.8, 4) is 0 Å². The summed E-state index contributed by atoms with van der Waals surface area (Å²) in [6, 6.07) is -4.51. The van der Waals surface area contributed by atoms with Gasteiger partial charge in [0.2, 0.25) is 5.89 Å². The average molecular weight is 416 g/mol. The second-order valence-electron chi connectivity index (χ2n) is 5.89. The van der Waals surface area contributed by atoms with Gasteiger partial charge in [-0.3, -0.25) is 9.79 Å². The molecule has 15 nitrogen and oxygen atoms in total.